The predicted octanol–water partition coefficient (Wildman–Crippen LogP) is 2.86. The zero-order valence-corrected chi connectivity index (χ0v) is 11.1. The van der Waals surface area contributed by atoms with Gasteiger partial charge in [-0.25, -0.2) is 8.78 Å². The molecule has 1 heterocycles. The fourth-order valence-corrected chi connectivity index (χ4v) is 2.78. The Hall–Kier alpha value is -0.710. The average Bonchev–Trinajstić information content (AvgIpc) is 2.34. The molecule has 1 N–H and O–H groups in total. The van der Waals surface area contributed by atoms with Crippen LogP contribution in [0, 0.1) is 6.92 Å². The molecule has 0 aromatic heterocycles. The normalized spacial score (nSPS) is 19.2. The first kappa shape index (κ1) is 13.7. The topological polar surface area (TPSA) is 15.3 Å². The van der Waals surface area contributed by atoms with Crippen molar-refractivity contribution in [1.82, 2.24) is 10.2 Å². The summed E-state index contributed by atoms with van der Waals surface area (Å²) in [6, 6.07) is 4.41. The minimum Gasteiger partial charge on any atom is -0.314 e. The molecule has 1 aromatic carbocycles. The molecule has 0 amide bonds. The summed E-state index contributed by atoms with van der Waals surface area (Å²) in [6.07, 6.45) is -2.43. The summed E-state index contributed by atoms with van der Waals surface area (Å²) in [6.45, 7) is 4.57. The molecule has 0 unspecified atom stereocenters. The average molecular weight is 275 g/mol. The lowest BCUT2D eigenvalue weighted by molar-refractivity contribution is 0.0179. The Bertz CT molecular complexity index is 386. The van der Waals surface area contributed by atoms with Gasteiger partial charge in [0, 0.05) is 31.2 Å². The zero-order chi connectivity index (χ0) is 13.1. The summed E-state index contributed by atoms with van der Waals surface area (Å²) in [5, 5.41) is 3.60. The van der Waals surface area contributed by atoms with E-state index in [1.54, 1.807) is 12.1 Å². The van der Waals surface area contributed by atoms with Crippen molar-refractivity contribution in [2.75, 3.05) is 26.2 Å². The van der Waals surface area contributed by atoms with Crippen molar-refractivity contribution in [3.05, 3.63) is 34.3 Å². The van der Waals surface area contributed by atoms with E-state index in [9.17, 15) is 8.78 Å². The molecule has 1 aromatic rings. The summed E-state index contributed by atoms with van der Waals surface area (Å²) in [5.41, 5.74) is 1.39. The van der Waals surface area contributed by atoms with Gasteiger partial charge in [-0.05, 0) is 24.1 Å². The molecule has 1 aliphatic heterocycles. The van der Waals surface area contributed by atoms with Crippen molar-refractivity contribution in [2.45, 2.75) is 19.4 Å². The second-order valence-corrected chi connectivity index (χ2v) is 4.94. The molecular weight excluding hydrogens is 258 g/mol. The highest BCUT2D eigenvalue weighted by molar-refractivity contribution is 6.31. The number of nitrogens with one attached hydrogen (secondary N) is 1. The van der Waals surface area contributed by atoms with Crippen LogP contribution in [0.3, 0.4) is 0 Å². The molecule has 0 aliphatic carbocycles. The fraction of sp³-hybridized carbons (Fsp3) is 0.538. The summed E-state index contributed by atoms with van der Waals surface area (Å²) in [5.74, 6) is 0. The van der Waals surface area contributed by atoms with Crippen molar-refractivity contribution in [1.29, 1.82) is 0 Å². The SMILES string of the molecule is Cc1cccc(Cl)c1[C@H](C(F)F)N1CCNCC1. The molecule has 1 atom stereocenters. The van der Waals surface area contributed by atoms with Gasteiger partial charge in [-0.2, -0.15) is 0 Å². The van der Waals surface area contributed by atoms with Gasteiger partial charge in [0.15, 0.2) is 0 Å². The number of aryl methyl sites for hydroxylation is 1. The highest BCUT2D eigenvalue weighted by atomic mass is 35.5. The highest BCUT2D eigenvalue weighted by Gasteiger charge is 2.32. The van der Waals surface area contributed by atoms with Crippen LogP contribution < -0.4 is 5.32 Å². The van der Waals surface area contributed by atoms with E-state index < -0.39 is 12.5 Å². The lowest BCUT2D eigenvalue weighted by atomic mass is 9.99. The second kappa shape index (κ2) is 5.95. The van der Waals surface area contributed by atoms with Crippen LogP contribution in [0.2, 0.25) is 5.02 Å². The van der Waals surface area contributed by atoms with Crippen molar-refractivity contribution in [3.63, 3.8) is 0 Å². The molecule has 0 spiro atoms. The van der Waals surface area contributed by atoms with Crippen LogP contribution in [0.25, 0.3) is 0 Å². The molecule has 1 aliphatic rings. The van der Waals surface area contributed by atoms with Crippen LogP contribution >= 0.6 is 11.6 Å². The van der Waals surface area contributed by atoms with Crippen LogP contribution in [0.4, 0.5) is 8.78 Å². The number of hydrogen-bond donors (Lipinski definition) is 1. The van der Waals surface area contributed by atoms with Gasteiger partial charge in [-0.1, -0.05) is 23.7 Å². The maximum atomic E-state index is 13.4. The number of rotatable bonds is 3. The van der Waals surface area contributed by atoms with E-state index in [1.165, 1.54) is 0 Å². The number of benzene rings is 1. The molecule has 1 saturated heterocycles. The first-order valence-electron chi connectivity index (χ1n) is 6.09. The van der Waals surface area contributed by atoms with E-state index in [2.05, 4.69) is 5.32 Å². The largest absolute Gasteiger partial charge is 0.314 e. The van der Waals surface area contributed by atoms with Crippen LogP contribution in [0.5, 0.6) is 0 Å². The summed E-state index contributed by atoms with van der Waals surface area (Å²) in [4.78, 5) is 1.81. The number of halogens is 3. The zero-order valence-electron chi connectivity index (χ0n) is 10.3. The Morgan fingerprint density at radius 2 is 1.94 bits per heavy atom. The van der Waals surface area contributed by atoms with Crippen LogP contribution in [0.1, 0.15) is 17.2 Å². The smallest absolute Gasteiger partial charge is 0.258 e. The summed E-state index contributed by atoms with van der Waals surface area (Å²) < 4.78 is 26.8. The van der Waals surface area contributed by atoms with E-state index in [0.29, 0.717) is 23.7 Å². The number of piperazine rings is 1. The van der Waals surface area contributed by atoms with Gasteiger partial charge in [0.1, 0.15) is 0 Å². The highest BCUT2D eigenvalue weighted by Crippen LogP contribution is 2.34. The maximum Gasteiger partial charge on any atom is 0.258 e. The third-order valence-electron chi connectivity index (χ3n) is 3.35. The Morgan fingerprint density at radius 3 is 2.50 bits per heavy atom. The van der Waals surface area contributed by atoms with E-state index in [4.69, 9.17) is 11.6 Å². The number of hydrogen-bond acceptors (Lipinski definition) is 2. The second-order valence-electron chi connectivity index (χ2n) is 4.54. The molecule has 1 fully saturated rings. The minimum atomic E-state index is -2.43. The summed E-state index contributed by atoms with van der Waals surface area (Å²) >= 11 is 6.11. The molecule has 18 heavy (non-hydrogen) atoms. The van der Waals surface area contributed by atoms with Crippen LogP contribution in [0.15, 0.2) is 18.2 Å². The van der Waals surface area contributed by atoms with Crippen molar-refractivity contribution in [3.8, 4) is 0 Å². The standard InChI is InChI=1S/C13H17ClF2N2/c1-9-3-2-4-10(14)11(9)12(13(15)16)18-7-5-17-6-8-18/h2-4,12-13,17H,5-8H2,1H3/t12-/m1/s1. The Labute approximate surface area is 111 Å². The van der Waals surface area contributed by atoms with Gasteiger partial charge in [0.25, 0.3) is 6.43 Å². The monoisotopic (exact) mass is 274 g/mol. The lowest BCUT2D eigenvalue weighted by Gasteiger charge is -2.35. The quantitative estimate of drug-likeness (QED) is 0.912. The van der Waals surface area contributed by atoms with E-state index in [0.717, 1.165) is 18.7 Å². The Kier molecular flexibility index (Phi) is 4.54. The predicted molar refractivity (Wildman–Crippen MR) is 69.4 cm³/mol. The van der Waals surface area contributed by atoms with Gasteiger partial charge < -0.3 is 5.32 Å². The van der Waals surface area contributed by atoms with Crippen molar-refractivity contribution >= 4 is 11.6 Å². The first-order chi connectivity index (χ1) is 8.61. The fourth-order valence-electron chi connectivity index (χ4n) is 2.45. The van der Waals surface area contributed by atoms with Gasteiger partial charge >= 0.3 is 0 Å². The van der Waals surface area contributed by atoms with Gasteiger partial charge in [-0.3, -0.25) is 4.90 Å². The molecule has 2 rings (SSSR count). The molecule has 2 nitrogen and oxygen atoms in total. The summed E-state index contributed by atoms with van der Waals surface area (Å²) in [7, 11) is 0. The molecule has 0 bridgehead atoms. The minimum absolute atomic E-state index is 0.429. The van der Waals surface area contributed by atoms with Crippen molar-refractivity contribution in [2.24, 2.45) is 0 Å². The lowest BCUT2D eigenvalue weighted by Crippen LogP contribution is -2.47. The Morgan fingerprint density at radius 1 is 1.28 bits per heavy atom. The van der Waals surface area contributed by atoms with Crippen LogP contribution in [-0.4, -0.2) is 37.5 Å². The third-order valence-corrected chi connectivity index (χ3v) is 3.68. The van der Waals surface area contributed by atoms with Crippen molar-refractivity contribution < 1.29 is 8.78 Å². The molecular formula is C13H17ClF2N2. The third kappa shape index (κ3) is 2.82. The Balaban J connectivity index is 2.34. The van der Waals surface area contributed by atoms with E-state index >= 15 is 0 Å². The molecule has 0 saturated carbocycles. The van der Waals surface area contributed by atoms with E-state index in [-0.39, 0.29) is 0 Å². The number of alkyl halides is 2. The number of nitrogens with zero attached hydrogens (tertiary/aromatic N) is 1. The first-order valence-corrected chi connectivity index (χ1v) is 6.47. The van der Waals surface area contributed by atoms with Crippen LogP contribution in [-0.2, 0) is 0 Å². The van der Waals surface area contributed by atoms with Gasteiger partial charge in [0.05, 0.1) is 6.04 Å². The maximum absolute atomic E-state index is 13.4. The molecule has 0 radical (unpaired) electrons. The van der Waals surface area contributed by atoms with Gasteiger partial charge in [-0.15, -0.1) is 0 Å². The van der Waals surface area contributed by atoms with E-state index in [1.807, 2.05) is 17.9 Å². The molecule has 100 valence electrons. The molecule has 5 heteroatoms. The van der Waals surface area contributed by atoms with Gasteiger partial charge in [0.2, 0.25) is 0 Å².